The summed E-state index contributed by atoms with van der Waals surface area (Å²) in [4.78, 5) is 34.1. The lowest BCUT2D eigenvalue weighted by atomic mass is 10.1. The number of likely N-dealkylation sites (N-methyl/N-ethyl adjacent to an activating group) is 1. The van der Waals surface area contributed by atoms with Gasteiger partial charge in [-0.1, -0.05) is 12.1 Å². The molecule has 4 rings (SSSR count). The fourth-order valence-corrected chi connectivity index (χ4v) is 4.62. The highest BCUT2D eigenvalue weighted by Gasteiger charge is 2.34. The molecule has 2 amide bonds. The van der Waals surface area contributed by atoms with Crippen molar-refractivity contribution >= 4 is 22.9 Å². The smallest absolute Gasteiger partial charge is 0.253 e. The second-order valence-electron chi connectivity index (χ2n) is 9.32. The normalized spacial score (nSPS) is 19.1. The summed E-state index contributed by atoms with van der Waals surface area (Å²) in [6.45, 7) is 2.82. The molecular formula is C26H34N4O3. The van der Waals surface area contributed by atoms with Gasteiger partial charge in [0, 0.05) is 44.1 Å². The summed E-state index contributed by atoms with van der Waals surface area (Å²) in [5.41, 5.74) is 2.99. The lowest BCUT2D eigenvalue weighted by molar-refractivity contribution is -0.125. The van der Waals surface area contributed by atoms with E-state index in [1.807, 2.05) is 76.6 Å². The van der Waals surface area contributed by atoms with Crippen molar-refractivity contribution in [2.24, 2.45) is 5.92 Å². The maximum atomic E-state index is 13.1. The zero-order valence-corrected chi connectivity index (χ0v) is 19.7. The van der Waals surface area contributed by atoms with Crippen LogP contribution in [0.25, 0.3) is 22.6 Å². The molecule has 1 saturated carbocycles. The Morgan fingerprint density at radius 3 is 2.55 bits per heavy atom. The number of para-hydroxylation sites is 2. The highest BCUT2D eigenvalue weighted by Crippen LogP contribution is 2.30. The molecule has 0 spiro atoms. The Hall–Kier alpha value is -3.19. The Kier molecular flexibility index (Phi) is 6.79. The molecule has 33 heavy (non-hydrogen) atoms. The van der Waals surface area contributed by atoms with Crippen LogP contribution in [-0.4, -0.2) is 66.4 Å². The number of amides is 2. The fourth-order valence-electron chi connectivity index (χ4n) is 4.62. The minimum atomic E-state index is -0.0450. The fraction of sp³-hybridized carbons (Fsp3) is 0.423. The van der Waals surface area contributed by atoms with Crippen LogP contribution in [0.15, 0.2) is 52.9 Å². The predicted octanol–water partition coefficient (Wildman–Crippen LogP) is 4.05. The number of aromatic nitrogens is 1. The van der Waals surface area contributed by atoms with Crippen molar-refractivity contribution in [2.75, 3.05) is 27.7 Å². The second kappa shape index (κ2) is 9.75. The third-order valence-electron chi connectivity index (χ3n) is 6.34. The molecule has 1 fully saturated rings. The molecule has 3 aromatic rings. The first-order valence-electron chi connectivity index (χ1n) is 11.5. The number of fused-ring (bicyclic) bond motifs is 1. The molecule has 2 aromatic carbocycles. The van der Waals surface area contributed by atoms with E-state index in [0.29, 0.717) is 17.9 Å². The Labute approximate surface area is 196 Å². The molecule has 0 aliphatic heterocycles. The predicted molar refractivity (Wildman–Crippen MR) is 131 cm³/mol. The number of rotatable bonds is 7. The second-order valence-corrected chi connectivity index (χ2v) is 9.32. The molecule has 1 aliphatic rings. The standard InChI is InChI=1S/C26H32N4O3.H2/c1-17(16-29(2)3)27-24(31)20-13-14-21(15-20)30(4)26(32)19-11-9-18(10-12-19)25-28-22-7-5-6-8-23(22)33-25;/h5-12,17,20-21H,13-16H2,1-4H3,(H,27,31);1H/t17?,20-,21+;/m0./s1. The van der Waals surface area contributed by atoms with Crippen LogP contribution in [0.5, 0.6) is 0 Å². The lowest BCUT2D eigenvalue weighted by Gasteiger charge is -2.25. The largest absolute Gasteiger partial charge is 0.436 e. The van der Waals surface area contributed by atoms with Gasteiger partial charge in [-0.15, -0.1) is 0 Å². The average molecular weight is 451 g/mol. The van der Waals surface area contributed by atoms with Crippen LogP contribution in [0.3, 0.4) is 0 Å². The summed E-state index contributed by atoms with van der Waals surface area (Å²) >= 11 is 0. The van der Waals surface area contributed by atoms with Crippen molar-refractivity contribution in [3.63, 3.8) is 0 Å². The molecule has 1 aromatic heterocycles. The van der Waals surface area contributed by atoms with E-state index >= 15 is 0 Å². The molecule has 3 atom stereocenters. The Bertz CT molecular complexity index is 1100. The summed E-state index contributed by atoms with van der Waals surface area (Å²) < 4.78 is 5.82. The average Bonchev–Trinajstić information content (AvgIpc) is 3.45. The first kappa shape index (κ1) is 23.0. The van der Waals surface area contributed by atoms with E-state index in [1.165, 1.54) is 0 Å². The topological polar surface area (TPSA) is 78.7 Å². The van der Waals surface area contributed by atoms with Crippen molar-refractivity contribution in [3.8, 4) is 11.5 Å². The lowest BCUT2D eigenvalue weighted by Crippen LogP contribution is -2.42. The SMILES string of the molecule is CC(CN(C)C)NC(=O)[C@H]1CC[C@@H](N(C)C(=O)c2ccc(-c3nc4ccccc4o3)cc2)C1.[HH]. The van der Waals surface area contributed by atoms with E-state index in [4.69, 9.17) is 4.42 Å². The van der Waals surface area contributed by atoms with Gasteiger partial charge in [0.05, 0.1) is 0 Å². The third kappa shape index (κ3) is 5.25. The van der Waals surface area contributed by atoms with E-state index in [1.54, 1.807) is 4.90 Å². The highest BCUT2D eigenvalue weighted by molar-refractivity contribution is 5.95. The summed E-state index contributed by atoms with van der Waals surface area (Å²) in [6, 6.07) is 15.1. The maximum absolute atomic E-state index is 13.1. The Balaban J connectivity index is 0.00000324. The van der Waals surface area contributed by atoms with Crippen LogP contribution < -0.4 is 5.32 Å². The van der Waals surface area contributed by atoms with Gasteiger partial charge in [0.25, 0.3) is 5.91 Å². The summed E-state index contributed by atoms with van der Waals surface area (Å²) in [5.74, 6) is 0.551. The molecule has 0 saturated heterocycles. The molecular weight excluding hydrogens is 416 g/mol. The van der Waals surface area contributed by atoms with Gasteiger partial charge in [0.15, 0.2) is 5.58 Å². The van der Waals surface area contributed by atoms with Gasteiger partial charge in [-0.3, -0.25) is 9.59 Å². The number of nitrogens with zero attached hydrogens (tertiary/aromatic N) is 3. The quantitative estimate of drug-likeness (QED) is 0.588. The van der Waals surface area contributed by atoms with Gasteiger partial charge < -0.3 is 19.5 Å². The number of nitrogens with one attached hydrogen (secondary N) is 1. The molecule has 7 heteroatoms. The van der Waals surface area contributed by atoms with E-state index < -0.39 is 0 Å². The Morgan fingerprint density at radius 2 is 1.85 bits per heavy atom. The van der Waals surface area contributed by atoms with Gasteiger partial charge in [0.2, 0.25) is 11.8 Å². The van der Waals surface area contributed by atoms with Crippen molar-refractivity contribution in [1.82, 2.24) is 20.1 Å². The molecule has 0 radical (unpaired) electrons. The first-order valence-corrected chi connectivity index (χ1v) is 11.5. The molecule has 7 nitrogen and oxygen atoms in total. The van der Waals surface area contributed by atoms with Crippen LogP contribution in [0, 0.1) is 5.92 Å². The zero-order valence-electron chi connectivity index (χ0n) is 19.7. The van der Waals surface area contributed by atoms with Crippen molar-refractivity contribution in [3.05, 3.63) is 54.1 Å². The number of carbonyl (C=O) groups is 2. The third-order valence-corrected chi connectivity index (χ3v) is 6.34. The van der Waals surface area contributed by atoms with Crippen LogP contribution >= 0.6 is 0 Å². The molecule has 1 aliphatic carbocycles. The minimum Gasteiger partial charge on any atom is -0.436 e. The minimum absolute atomic E-state index is 0. The van der Waals surface area contributed by atoms with E-state index in [2.05, 4.69) is 15.2 Å². The van der Waals surface area contributed by atoms with Gasteiger partial charge in [-0.25, -0.2) is 4.98 Å². The Morgan fingerprint density at radius 1 is 1.12 bits per heavy atom. The van der Waals surface area contributed by atoms with Gasteiger partial charge in [-0.05, 0) is 76.7 Å². The van der Waals surface area contributed by atoms with Crippen LogP contribution in [0.4, 0.5) is 0 Å². The summed E-state index contributed by atoms with van der Waals surface area (Å²) in [6.07, 6.45) is 2.34. The van der Waals surface area contributed by atoms with Crippen LogP contribution in [0.1, 0.15) is 38.0 Å². The van der Waals surface area contributed by atoms with E-state index in [9.17, 15) is 9.59 Å². The maximum Gasteiger partial charge on any atom is 0.253 e. The molecule has 1 heterocycles. The number of hydrogen-bond donors (Lipinski definition) is 1. The molecule has 0 bridgehead atoms. The molecule has 176 valence electrons. The molecule has 1 unspecified atom stereocenters. The van der Waals surface area contributed by atoms with Gasteiger partial charge in [0.1, 0.15) is 5.52 Å². The number of carbonyl (C=O) groups excluding carboxylic acids is 2. The molecule has 1 N–H and O–H groups in total. The van der Waals surface area contributed by atoms with E-state index in [0.717, 1.165) is 36.0 Å². The number of oxazole rings is 1. The van der Waals surface area contributed by atoms with E-state index in [-0.39, 0.29) is 31.2 Å². The van der Waals surface area contributed by atoms with Crippen LogP contribution in [-0.2, 0) is 4.79 Å². The first-order chi connectivity index (χ1) is 15.8. The number of benzene rings is 2. The van der Waals surface area contributed by atoms with Gasteiger partial charge in [-0.2, -0.15) is 0 Å². The van der Waals surface area contributed by atoms with Crippen molar-refractivity contribution < 1.29 is 15.4 Å². The summed E-state index contributed by atoms with van der Waals surface area (Å²) in [5, 5.41) is 3.11. The van der Waals surface area contributed by atoms with Crippen molar-refractivity contribution in [1.29, 1.82) is 0 Å². The monoisotopic (exact) mass is 450 g/mol. The highest BCUT2D eigenvalue weighted by atomic mass is 16.3. The zero-order chi connectivity index (χ0) is 23.5. The van der Waals surface area contributed by atoms with Crippen LogP contribution in [0.2, 0.25) is 0 Å². The number of hydrogen-bond acceptors (Lipinski definition) is 5. The summed E-state index contributed by atoms with van der Waals surface area (Å²) in [7, 11) is 5.82. The van der Waals surface area contributed by atoms with Gasteiger partial charge >= 0.3 is 0 Å². The van der Waals surface area contributed by atoms with Crippen molar-refractivity contribution in [2.45, 2.75) is 38.3 Å².